The fourth-order valence-electron chi connectivity index (χ4n) is 1.78. The summed E-state index contributed by atoms with van der Waals surface area (Å²) in [5.41, 5.74) is 1.87. The van der Waals surface area contributed by atoms with E-state index in [9.17, 15) is 5.11 Å². The first kappa shape index (κ1) is 11.6. The Morgan fingerprint density at radius 1 is 1.24 bits per heavy atom. The van der Waals surface area contributed by atoms with Gasteiger partial charge in [0, 0.05) is 18.2 Å². The lowest BCUT2D eigenvalue weighted by Crippen LogP contribution is -2.04. The monoisotopic (exact) mass is 229 g/mol. The first-order chi connectivity index (χ1) is 8.31. The molecule has 0 spiro atoms. The minimum Gasteiger partial charge on any atom is -0.495 e. The molecule has 1 unspecified atom stereocenters. The molecule has 0 amide bonds. The highest BCUT2D eigenvalue weighted by Crippen LogP contribution is 2.26. The summed E-state index contributed by atoms with van der Waals surface area (Å²) in [4.78, 5) is 3.97. The number of hydrogen-bond donors (Lipinski definition) is 1. The topological polar surface area (TPSA) is 42.4 Å². The summed E-state index contributed by atoms with van der Waals surface area (Å²) in [6.07, 6.45) is 3.27. The van der Waals surface area contributed by atoms with Crippen molar-refractivity contribution in [3.63, 3.8) is 0 Å². The summed E-state index contributed by atoms with van der Waals surface area (Å²) in [7, 11) is 1.58. The second-order valence-electron chi connectivity index (χ2n) is 3.82. The molecule has 3 heteroatoms. The Hall–Kier alpha value is -1.87. The Balaban J connectivity index is 2.17. The Bertz CT molecular complexity index is 471. The van der Waals surface area contributed by atoms with Crippen molar-refractivity contribution in [2.75, 3.05) is 7.11 Å². The van der Waals surface area contributed by atoms with Gasteiger partial charge in [-0.3, -0.25) is 4.98 Å². The van der Waals surface area contributed by atoms with Crippen LogP contribution in [0.3, 0.4) is 0 Å². The van der Waals surface area contributed by atoms with Crippen LogP contribution >= 0.6 is 0 Å². The number of hydrogen-bond acceptors (Lipinski definition) is 3. The first-order valence-electron chi connectivity index (χ1n) is 5.51. The van der Waals surface area contributed by atoms with Crippen LogP contribution in [-0.4, -0.2) is 17.2 Å². The van der Waals surface area contributed by atoms with Crippen LogP contribution in [0.2, 0.25) is 0 Å². The molecule has 1 N–H and O–H groups in total. The molecule has 0 aliphatic rings. The lowest BCUT2D eigenvalue weighted by molar-refractivity contribution is 0.174. The Kier molecular flexibility index (Phi) is 3.73. The molecule has 88 valence electrons. The molecule has 1 aromatic carbocycles. The molecular formula is C14H15NO2. The fraction of sp³-hybridized carbons (Fsp3) is 0.214. The van der Waals surface area contributed by atoms with Gasteiger partial charge in [-0.1, -0.05) is 30.3 Å². The first-order valence-corrected chi connectivity index (χ1v) is 5.51. The van der Waals surface area contributed by atoms with Crippen molar-refractivity contribution in [3.05, 3.63) is 59.9 Å². The lowest BCUT2D eigenvalue weighted by atomic mass is 10.0. The van der Waals surface area contributed by atoms with Crippen LogP contribution in [-0.2, 0) is 6.42 Å². The van der Waals surface area contributed by atoms with Gasteiger partial charge in [0.2, 0.25) is 0 Å². The van der Waals surface area contributed by atoms with Gasteiger partial charge in [0.25, 0.3) is 0 Å². The van der Waals surface area contributed by atoms with Crippen LogP contribution in [0.5, 0.6) is 5.75 Å². The van der Waals surface area contributed by atoms with Gasteiger partial charge >= 0.3 is 0 Å². The van der Waals surface area contributed by atoms with E-state index in [-0.39, 0.29) is 0 Å². The van der Waals surface area contributed by atoms with E-state index in [4.69, 9.17) is 4.74 Å². The molecule has 2 rings (SSSR count). The summed E-state index contributed by atoms with van der Waals surface area (Å²) >= 11 is 0. The van der Waals surface area contributed by atoms with Crippen molar-refractivity contribution in [1.29, 1.82) is 0 Å². The van der Waals surface area contributed by atoms with Gasteiger partial charge in [-0.25, -0.2) is 0 Å². The van der Waals surface area contributed by atoms with Crippen LogP contribution in [0, 0.1) is 0 Å². The van der Waals surface area contributed by atoms with Gasteiger partial charge in [0.1, 0.15) is 5.75 Å². The average Bonchev–Trinajstić information content (AvgIpc) is 2.40. The van der Waals surface area contributed by atoms with Crippen LogP contribution in [0.1, 0.15) is 17.2 Å². The molecule has 0 radical (unpaired) electrons. The van der Waals surface area contributed by atoms with Gasteiger partial charge < -0.3 is 9.84 Å². The predicted octanol–water partition coefficient (Wildman–Crippen LogP) is 2.37. The third kappa shape index (κ3) is 2.82. The zero-order valence-corrected chi connectivity index (χ0v) is 9.71. The number of rotatable bonds is 4. The number of aliphatic hydroxyl groups is 1. The van der Waals surface area contributed by atoms with Crippen molar-refractivity contribution in [3.8, 4) is 5.75 Å². The molecule has 2 aromatic rings. The number of aliphatic hydroxyl groups excluding tert-OH is 1. The standard InChI is InChI=1S/C14H15NO2/c1-17-14-10-15-8-7-12(14)13(16)9-11-5-3-2-4-6-11/h2-8,10,13,16H,9H2,1H3. The van der Waals surface area contributed by atoms with E-state index in [0.29, 0.717) is 12.2 Å². The van der Waals surface area contributed by atoms with E-state index >= 15 is 0 Å². The zero-order chi connectivity index (χ0) is 12.1. The molecule has 0 aliphatic carbocycles. The highest BCUT2D eigenvalue weighted by molar-refractivity contribution is 5.33. The maximum Gasteiger partial charge on any atom is 0.142 e. The quantitative estimate of drug-likeness (QED) is 0.875. The van der Waals surface area contributed by atoms with Gasteiger partial charge in [-0.05, 0) is 11.6 Å². The SMILES string of the molecule is COc1cnccc1C(O)Cc1ccccc1. The van der Waals surface area contributed by atoms with Crippen LogP contribution in [0.15, 0.2) is 48.8 Å². The van der Waals surface area contributed by atoms with Crippen molar-refractivity contribution in [2.24, 2.45) is 0 Å². The second kappa shape index (κ2) is 5.46. The molecule has 1 atom stereocenters. The van der Waals surface area contributed by atoms with Gasteiger partial charge in [0.15, 0.2) is 0 Å². The van der Waals surface area contributed by atoms with E-state index < -0.39 is 6.10 Å². The number of benzene rings is 1. The number of aromatic nitrogens is 1. The zero-order valence-electron chi connectivity index (χ0n) is 9.71. The van der Waals surface area contributed by atoms with E-state index in [1.807, 2.05) is 30.3 Å². The predicted molar refractivity (Wildman–Crippen MR) is 65.9 cm³/mol. The number of methoxy groups -OCH3 is 1. The highest BCUT2D eigenvalue weighted by Gasteiger charge is 2.13. The van der Waals surface area contributed by atoms with E-state index in [1.165, 1.54) is 0 Å². The average molecular weight is 229 g/mol. The number of pyridine rings is 1. The van der Waals surface area contributed by atoms with Gasteiger partial charge in [-0.2, -0.15) is 0 Å². The van der Waals surface area contributed by atoms with E-state index in [1.54, 1.807) is 25.6 Å². The summed E-state index contributed by atoms with van der Waals surface area (Å²) in [5.74, 6) is 0.621. The molecule has 3 nitrogen and oxygen atoms in total. The molecule has 0 saturated carbocycles. The minimum atomic E-state index is -0.574. The molecule has 0 aliphatic heterocycles. The van der Waals surface area contributed by atoms with Crippen LogP contribution in [0.25, 0.3) is 0 Å². The number of nitrogens with zero attached hydrogens (tertiary/aromatic N) is 1. The van der Waals surface area contributed by atoms with Crippen LogP contribution < -0.4 is 4.74 Å². The molecular weight excluding hydrogens is 214 g/mol. The molecule has 1 heterocycles. The molecule has 1 aromatic heterocycles. The van der Waals surface area contributed by atoms with Crippen molar-refractivity contribution < 1.29 is 9.84 Å². The van der Waals surface area contributed by atoms with Crippen molar-refractivity contribution in [1.82, 2.24) is 4.98 Å². The largest absolute Gasteiger partial charge is 0.495 e. The molecule has 0 bridgehead atoms. The fourth-order valence-corrected chi connectivity index (χ4v) is 1.78. The minimum absolute atomic E-state index is 0.571. The molecule has 0 saturated heterocycles. The Morgan fingerprint density at radius 3 is 2.71 bits per heavy atom. The maximum atomic E-state index is 10.2. The van der Waals surface area contributed by atoms with Crippen molar-refractivity contribution in [2.45, 2.75) is 12.5 Å². The number of ether oxygens (including phenoxy) is 1. The second-order valence-corrected chi connectivity index (χ2v) is 3.82. The summed E-state index contributed by atoms with van der Waals surface area (Å²) in [6.45, 7) is 0. The molecule has 0 fully saturated rings. The Labute approximate surface area is 101 Å². The van der Waals surface area contributed by atoms with Crippen LogP contribution in [0.4, 0.5) is 0 Å². The normalized spacial score (nSPS) is 12.1. The summed E-state index contributed by atoms with van der Waals surface area (Å²) < 4.78 is 5.18. The van der Waals surface area contributed by atoms with E-state index in [0.717, 1.165) is 11.1 Å². The Morgan fingerprint density at radius 2 is 2.00 bits per heavy atom. The van der Waals surface area contributed by atoms with E-state index in [2.05, 4.69) is 4.98 Å². The smallest absolute Gasteiger partial charge is 0.142 e. The van der Waals surface area contributed by atoms with Crippen molar-refractivity contribution >= 4 is 0 Å². The van der Waals surface area contributed by atoms with Gasteiger partial charge in [-0.15, -0.1) is 0 Å². The lowest BCUT2D eigenvalue weighted by Gasteiger charge is -2.14. The third-order valence-electron chi connectivity index (χ3n) is 2.67. The third-order valence-corrected chi connectivity index (χ3v) is 2.67. The molecule has 17 heavy (non-hydrogen) atoms. The maximum absolute atomic E-state index is 10.2. The van der Waals surface area contributed by atoms with Gasteiger partial charge in [0.05, 0.1) is 19.4 Å². The highest BCUT2D eigenvalue weighted by atomic mass is 16.5. The summed E-state index contributed by atoms with van der Waals surface area (Å²) in [5, 5.41) is 10.2. The summed E-state index contributed by atoms with van der Waals surface area (Å²) in [6, 6.07) is 11.7.